The number of anilines is 1. The maximum Gasteiger partial charge on any atom is 0.407 e. The van der Waals surface area contributed by atoms with Crippen LogP contribution < -0.4 is 10.2 Å². The van der Waals surface area contributed by atoms with Crippen molar-refractivity contribution in [2.75, 3.05) is 18.0 Å². The largest absolute Gasteiger partial charge is 0.444 e. The molecule has 2 rings (SSSR count). The van der Waals surface area contributed by atoms with Gasteiger partial charge in [-0.1, -0.05) is 0 Å². The van der Waals surface area contributed by atoms with E-state index in [9.17, 15) is 9.18 Å². The Labute approximate surface area is 117 Å². The number of halogens is 1. The molecule has 0 aromatic carbocycles. The van der Waals surface area contributed by atoms with Gasteiger partial charge in [0.2, 0.25) is 5.95 Å². The van der Waals surface area contributed by atoms with Crippen molar-refractivity contribution in [3.05, 3.63) is 18.2 Å². The minimum absolute atomic E-state index is 0.0153. The molecule has 1 aromatic rings. The van der Waals surface area contributed by atoms with Crippen molar-refractivity contribution in [3.63, 3.8) is 0 Å². The van der Waals surface area contributed by atoms with Gasteiger partial charge in [-0.2, -0.15) is 0 Å². The molecule has 6 nitrogen and oxygen atoms in total. The van der Waals surface area contributed by atoms with Crippen molar-refractivity contribution in [2.45, 2.75) is 38.8 Å². The molecule has 1 N–H and O–H groups in total. The predicted molar refractivity (Wildman–Crippen MR) is 72.0 cm³/mol. The molecule has 1 atom stereocenters. The standard InChI is InChI=1S/C13H19FN4O2/c1-13(2,3)20-12(19)17-10-4-5-18(8-10)11-15-6-9(14)7-16-11/h6-7,10H,4-5,8H2,1-3H3,(H,17,19)/t10-/m1/s1. The summed E-state index contributed by atoms with van der Waals surface area (Å²) in [6.07, 6.45) is 2.62. The number of alkyl carbamates (subject to hydrolysis) is 1. The quantitative estimate of drug-likeness (QED) is 0.894. The lowest BCUT2D eigenvalue weighted by Gasteiger charge is -2.22. The molecule has 1 saturated heterocycles. The van der Waals surface area contributed by atoms with Crippen molar-refractivity contribution < 1.29 is 13.9 Å². The number of hydrogen-bond donors (Lipinski definition) is 1. The summed E-state index contributed by atoms with van der Waals surface area (Å²) in [4.78, 5) is 21.4. The lowest BCUT2D eigenvalue weighted by atomic mass is 10.2. The molecule has 2 heterocycles. The van der Waals surface area contributed by atoms with Gasteiger partial charge in [0.05, 0.1) is 18.4 Å². The van der Waals surface area contributed by atoms with Crippen LogP contribution in [0.1, 0.15) is 27.2 Å². The number of ether oxygens (including phenoxy) is 1. The van der Waals surface area contributed by atoms with Crippen LogP contribution in [0.15, 0.2) is 12.4 Å². The third-order valence-corrected chi connectivity index (χ3v) is 2.80. The van der Waals surface area contributed by atoms with Crippen molar-refractivity contribution in [3.8, 4) is 0 Å². The highest BCUT2D eigenvalue weighted by atomic mass is 19.1. The smallest absolute Gasteiger partial charge is 0.407 e. The molecule has 0 radical (unpaired) electrons. The Morgan fingerprint density at radius 3 is 2.70 bits per heavy atom. The summed E-state index contributed by atoms with van der Waals surface area (Å²) in [5.74, 6) is 0.0104. The lowest BCUT2D eigenvalue weighted by molar-refractivity contribution is 0.0509. The highest BCUT2D eigenvalue weighted by Gasteiger charge is 2.27. The van der Waals surface area contributed by atoms with Gasteiger partial charge in [-0.05, 0) is 27.2 Å². The Balaban J connectivity index is 1.86. The van der Waals surface area contributed by atoms with E-state index in [0.717, 1.165) is 18.8 Å². The van der Waals surface area contributed by atoms with Crippen LogP contribution in [0.2, 0.25) is 0 Å². The number of rotatable bonds is 2. The summed E-state index contributed by atoms with van der Waals surface area (Å²) in [5.41, 5.74) is -0.511. The Kier molecular flexibility index (Phi) is 4.06. The summed E-state index contributed by atoms with van der Waals surface area (Å²) in [6.45, 7) is 6.76. The number of carbonyl (C=O) groups is 1. The lowest BCUT2D eigenvalue weighted by Crippen LogP contribution is -2.40. The Bertz CT molecular complexity index is 472. The van der Waals surface area contributed by atoms with E-state index in [-0.39, 0.29) is 6.04 Å². The van der Waals surface area contributed by atoms with Crippen LogP contribution in [-0.4, -0.2) is 40.8 Å². The fourth-order valence-corrected chi connectivity index (χ4v) is 2.00. The maximum absolute atomic E-state index is 12.8. The number of hydrogen-bond acceptors (Lipinski definition) is 5. The van der Waals surface area contributed by atoms with E-state index >= 15 is 0 Å². The van der Waals surface area contributed by atoms with Crippen LogP contribution in [-0.2, 0) is 4.74 Å². The number of nitrogens with zero attached hydrogens (tertiary/aromatic N) is 3. The molecule has 1 fully saturated rings. The molecule has 1 aromatic heterocycles. The van der Waals surface area contributed by atoms with Gasteiger partial charge in [-0.3, -0.25) is 0 Å². The summed E-state index contributed by atoms with van der Waals surface area (Å²) >= 11 is 0. The van der Waals surface area contributed by atoms with E-state index in [1.807, 2.05) is 25.7 Å². The third kappa shape index (κ3) is 4.04. The molecule has 0 unspecified atom stereocenters. The first kappa shape index (κ1) is 14.5. The molecule has 0 bridgehead atoms. The zero-order valence-electron chi connectivity index (χ0n) is 11.9. The maximum atomic E-state index is 12.8. The van der Waals surface area contributed by atoms with Crippen LogP contribution in [0.5, 0.6) is 0 Å². The van der Waals surface area contributed by atoms with Crippen LogP contribution >= 0.6 is 0 Å². The highest BCUT2D eigenvalue weighted by molar-refractivity contribution is 5.68. The second-order valence-electron chi connectivity index (χ2n) is 5.78. The van der Waals surface area contributed by atoms with Gasteiger partial charge < -0.3 is 15.0 Å². The first-order valence-electron chi connectivity index (χ1n) is 6.55. The first-order valence-corrected chi connectivity index (χ1v) is 6.55. The van der Waals surface area contributed by atoms with Crippen molar-refractivity contribution >= 4 is 12.0 Å². The van der Waals surface area contributed by atoms with Gasteiger partial charge in [0.25, 0.3) is 0 Å². The second-order valence-corrected chi connectivity index (χ2v) is 5.78. The summed E-state index contributed by atoms with van der Waals surface area (Å²) in [7, 11) is 0. The zero-order valence-corrected chi connectivity index (χ0v) is 11.9. The number of carbonyl (C=O) groups excluding carboxylic acids is 1. The summed E-state index contributed by atoms with van der Waals surface area (Å²) < 4.78 is 18.0. The number of aromatic nitrogens is 2. The topological polar surface area (TPSA) is 67.3 Å². The predicted octanol–water partition coefficient (Wildman–Crippen LogP) is 1.72. The van der Waals surface area contributed by atoms with Crippen molar-refractivity contribution in [2.24, 2.45) is 0 Å². The minimum Gasteiger partial charge on any atom is -0.444 e. The normalized spacial score (nSPS) is 19.0. The summed E-state index contributed by atoms with van der Waals surface area (Å²) in [6, 6.07) is -0.0153. The average molecular weight is 282 g/mol. The van der Waals surface area contributed by atoms with Crippen LogP contribution in [0.3, 0.4) is 0 Å². The van der Waals surface area contributed by atoms with Crippen molar-refractivity contribution in [1.29, 1.82) is 0 Å². The van der Waals surface area contributed by atoms with Gasteiger partial charge in [0, 0.05) is 13.1 Å². The molecular weight excluding hydrogens is 263 g/mol. The minimum atomic E-state index is -0.511. The van der Waals surface area contributed by atoms with E-state index < -0.39 is 17.5 Å². The fraction of sp³-hybridized carbons (Fsp3) is 0.615. The van der Waals surface area contributed by atoms with Crippen LogP contribution in [0.25, 0.3) is 0 Å². The van der Waals surface area contributed by atoms with Gasteiger partial charge in [-0.15, -0.1) is 0 Å². The van der Waals surface area contributed by atoms with E-state index in [4.69, 9.17) is 4.74 Å². The van der Waals surface area contributed by atoms with Crippen LogP contribution in [0.4, 0.5) is 15.1 Å². The molecule has 0 spiro atoms. The average Bonchev–Trinajstić information content (AvgIpc) is 2.75. The Hall–Kier alpha value is -1.92. The molecule has 20 heavy (non-hydrogen) atoms. The third-order valence-electron chi connectivity index (χ3n) is 2.80. The molecule has 0 aliphatic carbocycles. The first-order chi connectivity index (χ1) is 9.33. The van der Waals surface area contributed by atoms with E-state index in [2.05, 4.69) is 15.3 Å². The number of amides is 1. The van der Waals surface area contributed by atoms with Crippen LogP contribution in [0, 0.1) is 5.82 Å². The summed E-state index contributed by atoms with van der Waals surface area (Å²) in [5, 5.41) is 2.81. The fourth-order valence-electron chi connectivity index (χ4n) is 2.00. The number of nitrogens with one attached hydrogen (secondary N) is 1. The molecule has 1 amide bonds. The monoisotopic (exact) mass is 282 g/mol. The SMILES string of the molecule is CC(C)(C)OC(=O)N[C@@H]1CCN(c2ncc(F)cn2)C1. The second kappa shape index (κ2) is 5.60. The zero-order chi connectivity index (χ0) is 14.8. The van der Waals surface area contributed by atoms with Crippen molar-refractivity contribution in [1.82, 2.24) is 15.3 Å². The highest BCUT2D eigenvalue weighted by Crippen LogP contribution is 2.16. The molecule has 7 heteroatoms. The van der Waals surface area contributed by atoms with E-state index in [1.165, 1.54) is 0 Å². The van der Waals surface area contributed by atoms with Gasteiger partial charge in [-0.25, -0.2) is 19.2 Å². The molecule has 0 saturated carbocycles. The van der Waals surface area contributed by atoms with E-state index in [1.54, 1.807) is 0 Å². The molecule has 1 aliphatic heterocycles. The van der Waals surface area contributed by atoms with E-state index in [0.29, 0.717) is 19.0 Å². The molecule has 1 aliphatic rings. The van der Waals surface area contributed by atoms with Gasteiger partial charge in [0.15, 0.2) is 5.82 Å². The molecular formula is C13H19FN4O2. The van der Waals surface area contributed by atoms with Gasteiger partial charge in [0.1, 0.15) is 5.60 Å². The Morgan fingerprint density at radius 1 is 1.45 bits per heavy atom. The molecule has 110 valence electrons. The van der Waals surface area contributed by atoms with Gasteiger partial charge >= 0.3 is 6.09 Å². The Morgan fingerprint density at radius 2 is 2.10 bits per heavy atom.